The standard InChI is InChI=1S/C14H15N5O/c1-3-19-9-10(8-16-19)20-13-11-6-4-5-7-12(11)17-14(15-2)18-13/h4-9H,3H2,1-2H3,(H,15,17,18). The molecule has 0 amide bonds. The largest absolute Gasteiger partial charge is 0.435 e. The number of nitrogens with one attached hydrogen (secondary N) is 1. The molecule has 0 fully saturated rings. The summed E-state index contributed by atoms with van der Waals surface area (Å²) in [5.74, 6) is 1.72. The van der Waals surface area contributed by atoms with Gasteiger partial charge in [-0.15, -0.1) is 0 Å². The van der Waals surface area contributed by atoms with Crippen molar-refractivity contribution in [2.45, 2.75) is 13.5 Å². The van der Waals surface area contributed by atoms with Gasteiger partial charge in [-0.25, -0.2) is 4.98 Å². The van der Waals surface area contributed by atoms with Crippen molar-refractivity contribution in [1.29, 1.82) is 0 Å². The molecular weight excluding hydrogens is 254 g/mol. The van der Waals surface area contributed by atoms with Crippen molar-refractivity contribution in [1.82, 2.24) is 19.7 Å². The normalized spacial score (nSPS) is 10.7. The molecular formula is C14H15N5O. The second kappa shape index (κ2) is 5.16. The van der Waals surface area contributed by atoms with Crippen molar-refractivity contribution in [3.05, 3.63) is 36.7 Å². The van der Waals surface area contributed by atoms with Gasteiger partial charge in [0, 0.05) is 13.6 Å². The average Bonchev–Trinajstić information content (AvgIpc) is 2.94. The first-order chi connectivity index (χ1) is 9.80. The lowest BCUT2D eigenvalue weighted by Gasteiger charge is -2.08. The van der Waals surface area contributed by atoms with Gasteiger partial charge >= 0.3 is 0 Å². The van der Waals surface area contributed by atoms with Crippen molar-refractivity contribution < 1.29 is 4.74 Å². The highest BCUT2D eigenvalue weighted by atomic mass is 16.5. The second-order valence-electron chi connectivity index (χ2n) is 4.25. The molecule has 6 nitrogen and oxygen atoms in total. The van der Waals surface area contributed by atoms with E-state index in [2.05, 4.69) is 20.4 Å². The van der Waals surface area contributed by atoms with Gasteiger partial charge in [-0.05, 0) is 19.1 Å². The third kappa shape index (κ3) is 2.27. The van der Waals surface area contributed by atoms with E-state index in [1.54, 1.807) is 17.9 Å². The maximum Gasteiger partial charge on any atom is 0.232 e. The zero-order valence-electron chi connectivity index (χ0n) is 11.4. The molecule has 3 rings (SSSR count). The van der Waals surface area contributed by atoms with E-state index < -0.39 is 0 Å². The van der Waals surface area contributed by atoms with Crippen LogP contribution in [0.1, 0.15) is 6.92 Å². The van der Waals surface area contributed by atoms with Crippen LogP contribution in [0.5, 0.6) is 11.6 Å². The van der Waals surface area contributed by atoms with Crippen molar-refractivity contribution in [3.63, 3.8) is 0 Å². The van der Waals surface area contributed by atoms with E-state index in [1.807, 2.05) is 37.4 Å². The molecule has 0 unspecified atom stereocenters. The highest BCUT2D eigenvalue weighted by Crippen LogP contribution is 2.27. The van der Waals surface area contributed by atoms with E-state index in [-0.39, 0.29) is 0 Å². The fourth-order valence-electron chi connectivity index (χ4n) is 1.92. The van der Waals surface area contributed by atoms with Crippen LogP contribution in [0.3, 0.4) is 0 Å². The lowest BCUT2D eigenvalue weighted by Crippen LogP contribution is -1.99. The number of para-hydroxylation sites is 1. The Morgan fingerprint density at radius 1 is 1.25 bits per heavy atom. The number of fused-ring (bicyclic) bond motifs is 1. The van der Waals surface area contributed by atoms with E-state index in [4.69, 9.17) is 4.74 Å². The van der Waals surface area contributed by atoms with Crippen LogP contribution in [0.2, 0.25) is 0 Å². The molecule has 0 atom stereocenters. The minimum Gasteiger partial charge on any atom is -0.435 e. The van der Waals surface area contributed by atoms with Gasteiger partial charge < -0.3 is 10.1 Å². The molecule has 2 heterocycles. The molecule has 1 N–H and O–H groups in total. The Kier molecular flexibility index (Phi) is 3.20. The first-order valence-electron chi connectivity index (χ1n) is 6.45. The second-order valence-corrected chi connectivity index (χ2v) is 4.25. The lowest BCUT2D eigenvalue weighted by molar-refractivity contribution is 0.468. The monoisotopic (exact) mass is 269 g/mol. The number of benzene rings is 1. The maximum atomic E-state index is 5.84. The molecule has 102 valence electrons. The molecule has 0 aliphatic heterocycles. The number of rotatable bonds is 4. The zero-order chi connectivity index (χ0) is 13.9. The van der Waals surface area contributed by atoms with Crippen LogP contribution in [0.15, 0.2) is 36.7 Å². The van der Waals surface area contributed by atoms with Gasteiger partial charge in [0.15, 0.2) is 5.75 Å². The summed E-state index contributed by atoms with van der Waals surface area (Å²) in [5, 5.41) is 8.00. The summed E-state index contributed by atoms with van der Waals surface area (Å²) in [6.45, 7) is 2.83. The fourth-order valence-corrected chi connectivity index (χ4v) is 1.92. The maximum absolute atomic E-state index is 5.84. The van der Waals surface area contributed by atoms with Gasteiger partial charge in [0.05, 0.1) is 23.3 Å². The van der Waals surface area contributed by atoms with Crippen molar-refractivity contribution >= 4 is 16.9 Å². The molecule has 0 saturated carbocycles. The van der Waals surface area contributed by atoms with Crippen LogP contribution in [0.4, 0.5) is 5.95 Å². The first-order valence-corrected chi connectivity index (χ1v) is 6.45. The highest BCUT2D eigenvalue weighted by molar-refractivity contribution is 5.84. The number of aromatic nitrogens is 4. The van der Waals surface area contributed by atoms with E-state index in [9.17, 15) is 0 Å². The Morgan fingerprint density at radius 2 is 2.10 bits per heavy atom. The van der Waals surface area contributed by atoms with Crippen LogP contribution >= 0.6 is 0 Å². The first kappa shape index (κ1) is 12.4. The van der Waals surface area contributed by atoms with Crippen LogP contribution in [-0.4, -0.2) is 26.8 Å². The predicted molar refractivity (Wildman–Crippen MR) is 77.1 cm³/mol. The number of aryl methyl sites for hydroxylation is 1. The van der Waals surface area contributed by atoms with Gasteiger partial charge in [0.1, 0.15) is 0 Å². The Bertz CT molecular complexity index is 737. The van der Waals surface area contributed by atoms with Gasteiger partial charge in [0.2, 0.25) is 11.8 Å². The molecule has 0 bridgehead atoms. The zero-order valence-corrected chi connectivity index (χ0v) is 11.4. The van der Waals surface area contributed by atoms with Gasteiger partial charge in [-0.3, -0.25) is 4.68 Å². The summed E-state index contributed by atoms with van der Waals surface area (Å²) in [6.07, 6.45) is 3.52. The summed E-state index contributed by atoms with van der Waals surface area (Å²) < 4.78 is 7.65. The minimum absolute atomic E-state index is 0.524. The number of hydrogen-bond donors (Lipinski definition) is 1. The van der Waals surface area contributed by atoms with Crippen LogP contribution in [0, 0.1) is 0 Å². The van der Waals surface area contributed by atoms with Crippen LogP contribution < -0.4 is 10.1 Å². The summed E-state index contributed by atoms with van der Waals surface area (Å²) in [7, 11) is 1.78. The molecule has 6 heteroatoms. The lowest BCUT2D eigenvalue weighted by atomic mass is 10.2. The Morgan fingerprint density at radius 3 is 2.85 bits per heavy atom. The molecule has 0 saturated heterocycles. The van der Waals surface area contributed by atoms with Gasteiger partial charge in [0.25, 0.3) is 0 Å². The molecule has 0 spiro atoms. The van der Waals surface area contributed by atoms with E-state index in [1.165, 1.54) is 0 Å². The van der Waals surface area contributed by atoms with Gasteiger partial charge in [-0.1, -0.05) is 12.1 Å². The summed E-state index contributed by atoms with van der Waals surface area (Å²) in [5.41, 5.74) is 0.838. The number of nitrogens with zero attached hydrogens (tertiary/aromatic N) is 4. The third-order valence-corrected chi connectivity index (χ3v) is 2.94. The smallest absolute Gasteiger partial charge is 0.232 e. The number of anilines is 1. The molecule has 0 aliphatic rings. The van der Waals surface area contributed by atoms with E-state index in [0.29, 0.717) is 17.6 Å². The fraction of sp³-hybridized carbons (Fsp3) is 0.214. The van der Waals surface area contributed by atoms with Gasteiger partial charge in [-0.2, -0.15) is 10.1 Å². The third-order valence-electron chi connectivity index (χ3n) is 2.94. The SMILES string of the molecule is CCn1cc(Oc2nc(NC)nc3ccccc23)cn1. The van der Waals surface area contributed by atoms with Crippen molar-refractivity contribution in [2.75, 3.05) is 12.4 Å². The molecule has 0 aliphatic carbocycles. The number of hydrogen-bond acceptors (Lipinski definition) is 5. The summed E-state index contributed by atoms with van der Waals surface area (Å²) >= 11 is 0. The van der Waals surface area contributed by atoms with Crippen LogP contribution in [-0.2, 0) is 6.54 Å². The molecule has 3 aromatic rings. The molecule has 1 aromatic carbocycles. The number of ether oxygens (including phenoxy) is 1. The minimum atomic E-state index is 0.524. The molecule has 20 heavy (non-hydrogen) atoms. The summed E-state index contributed by atoms with van der Waals surface area (Å²) in [6, 6.07) is 7.75. The predicted octanol–water partition coefficient (Wildman–Crippen LogP) is 2.68. The molecule has 2 aromatic heterocycles. The Labute approximate surface area is 116 Å². The van der Waals surface area contributed by atoms with Crippen molar-refractivity contribution in [3.8, 4) is 11.6 Å². The van der Waals surface area contributed by atoms with E-state index in [0.717, 1.165) is 17.4 Å². The van der Waals surface area contributed by atoms with Crippen LogP contribution in [0.25, 0.3) is 10.9 Å². The quantitative estimate of drug-likeness (QED) is 0.788. The Hall–Kier alpha value is -2.63. The highest BCUT2D eigenvalue weighted by Gasteiger charge is 2.09. The Balaban J connectivity index is 2.04. The summed E-state index contributed by atoms with van der Waals surface area (Å²) in [4.78, 5) is 8.76. The van der Waals surface area contributed by atoms with Crippen molar-refractivity contribution in [2.24, 2.45) is 0 Å². The topological polar surface area (TPSA) is 64.9 Å². The average molecular weight is 269 g/mol. The molecule has 0 radical (unpaired) electrons. The van der Waals surface area contributed by atoms with E-state index >= 15 is 0 Å².